The Balaban J connectivity index is 1.85. The predicted octanol–water partition coefficient (Wildman–Crippen LogP) is 3.18. The second-order valence-electron chi connectivity index (χ2n) is 5.56. The Bertz CT molecular complexity index is 910. The summed E-state index contributed by atoms with van der Waals surface area (Å²) in [6, 6.07) is 12.1. The molecule has 0 spiro atoms. The van der Waals surface area contributed by atoms with E-state index in [2.05, 4.69) is 4.72 Å². The second kappa shape index (κ2) is 6.85. The van der Waals surface area contributed by atoms with Crippen molar-refractivity contribution in [2.75, 3.05) is 9.62 Å². The fraction of sp³-hybridized carbons (Fsp3) is 0.176. The van der Waals surface area contributed by atoms with Crippen LogP contribution in [0.5, 0.6) is 0 Å². The number of nitrogens with zero attached hydrogens (tertiary/aromatic N) is 1. The number of hydrogen-bond acceptors (Lipinski definition) is 4. The smallest absolute Gasteiger partial charge is 0.261 e. The fourth-order valence-electron chi connectivity index (χ4n) is 2.56. The molecular formula is C17H15ClN2O4S. The average Bonchev–Trinajstić information content (AvgIpc) is 2.57. The third-order valence-electron chi connectivity index (χ3n) is 3.80. The van der Waals surface area contributed by atoms with Crippen molar-refractivity contribution >= 4 is 44.8 Å². The zero-order chi connectivity index (χ0) is 18.0. The van der Waals surface area contributed by atoms with Crippen molar-refractivity contribution in [3.05, 3.63) is 53.6 Å². The van der Waals surface area contributed by atoms with Gasteiger partial charge in [-0.25, -0.2) is 8.42 Å². The highest BCUT2D eigenvalue weighted by atomic mass is 35.5. The molecule has 1 fully saturated rings. The van der Waals surface area contributed by atoms with Gasteiger partial charge in [0, 0.05) is 12.8 Å². The molecule has 1 saturated heterocycles. The van der Waals surface area contributed by atoms with Crippen molar-refractivity contribution in [1.29, 1.82) is 0 Å². The highest BCUT2D eigenvalue weighted by Crippen LogP contribution is 2.26. The summed E-state index contributed by atoms with van der Waals surface area (Å²) in [7, 11) is -3.83. The molecule has 6 nitrogen and oxygen atoms in total. The van der Waals surface area contributed by atoms with Gasteiger partial charge in [0.2, 0.25) is 11.8 Å². The van der Waals surface area contributed by atoms with Crippen molar-refractivity contribution in [2.24, 2.45) is 0 Å². The fourth-order valence-corrected chi connectivity index (χ4v) is 3.88. The molecule has 0 radical (unpaired) electrons. The van der Waals surface area contributed by atoms with Gasteiger partial charge in [-0.2, -0.15) is 0 Å². The maximum Gasteiger partial charge on any atom is 0.261 e. The summed E-state index contributed by atoms with van der Waals surface area (Å²) in [4.78, 5) is 25.0. The lowest BCUT2D eigenvalue weighted by Crippen LogP contribution is -2.40. The van der Waals surface area contributed by atoms with Crippen LogP contribution in [0.2, 0.25) is 5.02 Å². The van der Waals surface area contributed by atoms with Crippen LogP contribution in [-0.2, 0) is 19.6 Å². The molecule has 0 bridgehead atoms. The molecule has 2 amide bonds. The van der Waals surface area contributed by atoms with Crippen LogP contribution in [0.25, 0.3) is 0 Å². The first-order chi connectivity index (χ1) is 11.9. The first-order valence-electron chi connectivity index (χ1n) is 7.62. The molecule has 1 N–H and O–H groups in total. The topological polar surface area (TPSA) is 83.6 Å². The Hall–Kier alpha value is -2.38. The van der Waals surface area contributed by atoms with Gasteiger partial charge in [-0.3, -0.25) is 19.2 Å². The van der Waals surface area contributed by atoms with Crippen LogP contribution in [0.4, 0.5) is 11.4 Å². The highest BCUT2D eigenvalue weighted by molar-refractivity contribution is 7.92. The summed E-state index contributed by atoms with van der Waals surface area (Å²) >= 11 is 5.97. The first kappa shape index (κ1) is 17.4. The Morgan fingerprint density at radius 1 is 0.920 bits per heavy atom. The van der Waals surface area contributed by atoms with E-state index in [1.54, 1.807) is 24.3 Å². The van der Waals surface area contributed by atoms with E-state index in [1.807, 2.05) is 0 Å². The van der Waals surface area contributed by atoms with Crippen molar-refractivity contribution in [1.82, 2.24) is 0 Å². The molecule has 1 heterocycles. The van der Waals surface area contributed by atoms with Gasteiger partial charge in [0.05, 0.1) is 21.3 Å². The standard InChI is InChI=1S/C17H15ClN2O4S/c18-14-4-1-2-5-15(14)19-25(23,24)13-10-8-12(9-11-13)20-16(21)6-3-7-17(20)22/h1-2,4-5,8-11,19H,3,6-7H2. The van der Waals surface area contributed by atoms with E-state index in [0.29, 0.717) is 24.9 Å². The lowest BCUT2D eigenvalue weighted by molar-refractivity contribution is -0.129. The van der Waals surface area contributed by atoms with Crippen LogP contribution in [0.3, 0.4) is 0 Å². The van der Waals surface area contributed by atoms with Gasteiger partial charge in [-0.1, -0.05) is 23.7 Å². The summed E-state index contributed by atoms with van der Waals surface area (Å²) in [6.07, 6.45) is 1.15. The second-order valence-corrected chi connectivity index (χ2v) is 7.65. The van der Waals surface area contributed by atoms with E-state index in [1.165, 1.54) is 24.3 Å². The lowest BCUT2D eigenvalue weighted by Gasteiger charge is -2.24. The minimum atomic E-state index is -3.83. The molecule has 0 aliphatic carbocycles. The van der Waals surface area contributed by atoms with Crippen LogP contribution in [-0.4, -0.2) is 20.2 Å². The predicted molar refractivity (Wildman–Crippen MR) is 95.0 cm³/mol. The van der Waals surface area contributed by atoms with Gasteiger partial charge in [0.25, 0.3) is 10.0 Å². The van der Waals surface area contributed by atoms with E-state index in [0.717, 1.165) is 4.90 Å². The van der Waals surface area contributed by atoms with Crippen molar-refractivity contribution in [3.8, 4) is 0 Å². The molecule has 25 heavy (non-hydrogen) atoms. The zero-order valence-electron chi connectivity index (χ0n) is 13.1. The number of piperidine rings is 1. The average molecular weight is 379 g/mol. The molecule has 0 unspecified atom stereocenters. The van der Waals surface area contributed by atoms with E-state index < -0.39 is 10.0 Å². The largest absolute Gasteiger partial charge is 0.278 e. The Kier molecular flexibility index (Phi) is 4.78. The first-order valence-corrected chi connectivity index (χ1v) is 9.48. The SMILES string of the molecule is O=C1CCCC(=O)N1c1ccc(S(=O)(=O)Nc2ccccc2Cl)cc1. The molecule has 1 aliphatic heterocycles. The lowest BCUT2D eigenvalue weighted by atomic mass is 10.1. The van der Waals surface area contributed by atoms with Crippen molar-refractivity contribution in [3.63, 3.8) is 0 Å². The normalized spacial score (nSPS) is 15.3. The number of imide groups is 1. The molecule has 130 valence electrons. The number of anilines is 2. The Morgan fingerprint density at radius 3 is 2.12 bits per heavy atom. The monoisotopic (exact) mass is 378 g/mol. The van der Waals surface area contributed by atoms with Gasteiger partial charge >= 0.3 is 0 Å². The van der Waals surface area contributed by atoms with Gasteiger partial charge in [-0.15, -0.1) is 0 Å². The van der Waals surface area contributed by atoms with E-state index in [9.17, 15) is 18.0 Å². The maximum absolute atomic E-state index is 12.5. The minimum absolute atomic E-state index is 0.00748. The van der Waals surface area contributed by atoms with E-state index >= 15 is 0 Å². The number of halogens is 1. The van der Waals surface area contributed by atoms with Crippen LogP contribution in [0, 0.1) is 0 Å². The number of para-hydroxylation sites is 1. The number of carbonyl (C=O) groups excluding carboxylic acids is 2. The number of benzene rings is 2. The summed E-state index contributed by atoms with van der Waals surface area (Å²) in [5.74, 6) is -0.554. The number of hydrogen-bond donors (Lipinski definition) is 1. The molecule has 0 atom stereocenters. The summed E-state index contributed by atoms with van der Waals surface area (Å²) < 4.78 is 27.3. The van der Waals surface area contributed by atoms with Crippen LogP contribution < -0.4 is 9.62 Å². The van der Waals surface area contributed by atoms with Crippen LogP contribution >= 0.6 is 11.6 Å². The van der Waals surface area contributed by atoms with Gasteiger partial charge in [0.1, 0.15) is 0 Å². The summed E-state index contributed by atoms with van der Waals surface area (Å²) in [5.41, 5.74) is 0.640. The number of amides is 2. The Morgan fingerprint density at radius 2 is 1.52 bits per heavy atom. The number of carbonyl (C=O) groups is 2. The number of rotatable bonds is 4. The van der Waals surface area contributed by atoms with E-state index in [-0.39, 0.29) is 27.4 Å². The van der Waals surface area contributed by atoms with Crippen LogP contribution in [0.15, 0.2) is 53.4 Å². The van der Waals surface area contributed by atoms with Gasteiger partial charge in [-0.05, 0) is 42.8 Å². The molecular weight excluding hydrogens is 364 g/mol. The molecule has 8 heteroatoms. The quantitative estimate of drug-likeness (QED) is 0.828. The molecule has 1 aliphatic rings. The van der Waals surface area contributed by atoms with Gasteiger partial charge < -0.3 is 0 Å². The molecule has 0 saturated carbocycles. The third-order valence-corrected chi connectivity index (χ3v) is 5.51. The highest BCUT2D eigenvalue weighted by Gasteiger charge is 2.27. The molecule has 2 aromatic carbocycles. The Labute approximate surface area is 150 Å². The molecule has 3 rings (SSSR count). The summed E-state index contributed by atoms with van der Waals surface area (Å²) in [5, 5.41) is 0.284. The molecule has 0 aromatic heterocycles. The van der Waals surface area contributed by atoms with E-state index in [4.69, 9.17) is 11.6 Å². The molecule has 2 aromatic rings. The van der Waals surface area contributed by atoms with Crippen molar-refractivity contribution < 1.29 is 18.0 Å². The summed E-state index contributed by atoms with van der Waals surface area (Å²) in [6.45, 7) is 0. The zero-order valence-corrected chi connectivity index (χ0v) is 14.7. The van der Waals surface area contributed by atoms with Crippen molar-refractivity contribution in [2.45, 2.75) is 24.2 Å². The minimum Gasteiger partial charge on any atom is -0.278 e. The third kappa shape index (κ3) is 3.67. The maximum atomic E-state index is 12.5. The van der Waals surface area contributed by atoms with Gasteiger partial charge in [0.15, 0.2) is 0 Å². The van der Waals surface area contributed by atoms with Crippen LogP contribution in [0.1, 0.15) is 19.3 Å². The number of sulfonamides is 1. The number of nitrogens with one attached hydrogen (secondary N) is 1.